The number of carbonyl (C=O) groups excluding carboxylic acids is 1. The van der Waals surface area contributed by atoms with E-state index in [2.05, 4.69) is 31.3 Å². The van der Waals surface area contributed by atoms with Crippen LogP contribution in [0.2, 0.25) is 0 Å². The maximum absolute atomic E-state index is 11.8. The molecule has 2 unspecified atom stereocenters. The number of nitrogens with one attached hydrogen (secondary N) is 1. The lowest BCUT2D eigenvalue weighted by molar-refractivity contribution is -0.126. The van der Waals surface area contributed by atoms with Crippen LogP contribution in [0.4, 0.5) is 0 Å². The Kier molecular flexibility index (Phi) is 6.68. The highest BCUT2D eigenvalue weighted by atomic mass is 16.5. The molecule has 2 atom stereocenters. The van der Waals surface area contributed by atoms with E-state index in [-0.39, 0.29) is 17.9 Å². The van der Waals surface area contributed by atoms with Crippen LogP contribution in [-0.2, 0) is 9.53 Å². The molecule has 0 aliphatic rings. The minimum absolute atomic E-state index is 0.0268. The van der Waals surface area contributed by atoms with Crippen molar-refractivity contribution in [3.8, 4) is 0 Å². The molecule has 0 heterocycles. The van der Waals surface area contributed by atoms with Crippen LogP contribution < -0.4 is 11.1 Å². The summed E-state index contributed by atoms with van der Waals surface area (Å²) in [7, 11) is 1.59. The highest BCUT2D eigenvalue weighted by Gasteiger charge is 2.14. The third-order valence-electron chi connectivity index (χ3n) is 3.39. The molecule has 0 aliphatic carbocycles. The molecule has 0 bridgehead atoms. The highest BCUT2D eigenvalue weighted by molar-refractivity contribution is 5.78. The molecule has 1 aromatic carbocycles. The molecular weight excluding hydrogens is 252 g/mol. The van der Waals surface area contributed by atoms with Gasteiger partial charge in [0.25, 0.3) is 0 Å². The van der Waals surface area contributed by atoms with Gasteiger partial charge in [0.2, 0.25) is 5.91 Å². The monoisotopic (exact) mass is 278 g/mol. The molecule has 0 fully saturated rings. The third-order valence-corrected chi connectivity index (χ3v) is 3.39. The molecule has 1 rings (SSSR count). The first-order valence-corrected chi connectivity index (χ1v) is 7.07. The lowest BCUT2D eigenvalue weighted by Gasteiger charge is -2.16. The van der Waals surface area contributed by atoms with Crippen LogP contribution in [0.3, 0.4) is 0 Å². The summed E-state index contributed by atoms with van der Waals surface area (Å²) in [6, 6.07) is 8.06. The van der Waals surface area contributed by atoms with Crippen LogP contribution in [0, 0.1) is 5.92 Å². The van der Waals surface area contributed by atoms with Crippen molar-refractivity contribution >= 4 is 5.91 Å². The largest absolute Gasteiger partial charge is 0.384 e. The SMILES string of the molecule is COCC(C)C(=O)NCC(N)c1ccc(C(C)C)cc1. The number of benzene rings is 1. The smallest absolute Gasteiger partial charge is 0.225 e. The maximum atomic E-state index is 11.8. The van der Waals surface area contributed by atoms with Gasteiger partial charge in [0.1, 0.15) is 0 Å². The van der Waals surface area contributed by atoms with Crippen LogP contribution >= 0.6 is 0 Å². The van der Waals surface area contributed by atoms with Crippen molar-refractivity contribution < 1.29 is 9.53 Å². The fourth-order valence-electron chi connectivity index (χ4n) is 1.96. The summed E-state index contributed by atoms with van der Waals surface area (Å²) in [6.45, 7) is 7.01. The molecule has 0 aliphatic heterocycles. The maximum Gasteiger partial charge on any atom is 0.225 e. The van der Waals surface area contributed by atoms with Gasteiger partial charge in [0, 0.05) is 19.7 Å². The molecule has 0 radical (unpaired) electrons. The second-order valence-electron chi connectivity index (χ2n) is 5.53. The number of hydrogen-bond acceptors (Lipinski definition) is 3. The number of hydrogen-bond donors (Lipinski definition) is 2. The summed E-state index contributed by atoms with van der Waals surface area (Å²) in [6.07, 6.45) is 0. The Morgan fingerprint density at radius 1 is 1.20 bits per heavy atom. The normalized spacial score (nSPS) is 14.1. The van der Waals surface area contributed by atoms with Crippen molar-refractivity contribution in [2.45, 2.75) is 32.7 Å². The molecule has 20 heavy (non-hydrogen) atoms. The molecule has 1 amide bonds. The average Bonchev–Trinajstić information content (AvgIpc) is 2.44. The highest BCUT2D eigenvalue weighted by Crippen LogP contribution is 2.17. The molecule has 0 aromatic heterocycles. The molecular formula is C16H26N2O2. The summed E-state index contributed by atoms with van der Waals surface area (Å²) < 4.78 is 4.96. The molecule has 112 valence electrons. The molecule has 4 heteroatoms. The van der Waals surface area contributed by atoms with Crippen molar-refractivity contribution in [3.63, 3.8) is 0 Å². The van der Waals surface area contributed by atoms with Crippen LogP contribution in [0.25, 0.3) is 0 Å². The first kappa shape index (κ1) is 16.7. The number of amides is 1. The van der Waals surface area contributed by atoms with Crippen LogP contribution in [0.5, 0.6) is 0 Å². The van der Waals surface area contributed by atoms with Crippen molar-refractivity contribution in [2.75, 3.05) is 20.3 Å². The van der Waals surface area contributed by atoms with Gasteiger partial charge in [-0.25, -0.2) is 0 Å². The fraction of sp³-hybridized carbons (Fsp3) is 0.562. The Balaban J connectivity index is 2.50. The van der Waals surface area contributed by atoms with Gasteiger partial charge in [-0.05, 0) is 17.0 Å². The first-order valence-electron chi connectivity index (χ1n) is 7.07. The lowest BCUT2D eigenvalue weighted by Crippen LogP contribution is -2.36. The van der Waals surface area contributed by atoms with Crippen molar-refractivity contribution in [1.82, 2.24) is 5.32 Å². The van der Waals surface area contributed by atoms with E-state index in [9.17, 15) is 4.79 Å². The molecule has 1 aromatic rings. The quantitative estimate of drug-likeness (QED) is 0.803. The van der Waals surface area contributed by atoms with Gasteiger partial charge in [-0.15, -0.1) is 0 Å². The Morgan fingerprint density at radius 2 is 1.75 bits per heavy atom. The number of methoxy groups -OCH3 is 1. The van der Waals surface area contributed by atoms with Gasteiger partial charge >= 0.3 is 0 Å². The number of ether oxygens (including phenoxy) is 1. The minimum Gasteiger partial charge on any atom is -0.384 e. The van der Waals surface area contributed by atoms with Crippen LogP contribution in [0.1, 0.15) is 43.9 Å². The summed E-state index contributed by atoms with van der Waals surface area (Å²) >= 11 is 0. The van der Waals surface area contributed by atoms with Crippen molar-refractivity contribution in [1.29, 1.82) is 0 Å². The van der Waals surface area contributed by atoms with E-state index in [1.165, 1.54) is 5.56 Å². The van der Waals surface area contributed by atoms with Gasteiger partial charge in [-0.2, -0.15) is 0 Å². The zero-order chi connectivity index (χ0) is 15.1. The number of rotatable bonds is 7. The van der Waals surface area contributed by atoms with E-state index < -0.39 is 0 Å². The van der Waals surface area contributed by atoms with Gasteiger partial charge in [0.05, 0.1) is 12.5 Å². The standard InChI is InChI=1S/C16H26N2O2/c1-11(2)13-5-7-14(8-6-13)15(17)9-18-16(19)12(3)10-20-4/h5-8,11-12,15H,9-10,17H2,1-4H3,(H,18,19). The molecule has 3 N–H and O–H groups in total. The zero-order valence-electron chi connectivity index (χ0n) is 12.8. The average molecular weight is 278 g/mol. The summed E-state index contributed by atoms with van der Waals surface area (Å²) in [5, 5.41) is 2.86. The molecule has 4 nitrogen and oxygen atoms in total. The molecule has 0 saturated carbocycles. The van der Waals surface area contributed by atoms with E-state index in [0.717, 1.165) is 5.56 Å². The van der Waals surface area contributed by atoms with E-state index in [1.54, 1.807) is 7.11 Å². The van der Waals surface area contributed by atoms with E-state index in [0.29, 0.717) is 19.1 Å². The predicted molar refractivity (Wildman–Crippen MR) is 81.5 cm³/mol. The van der Waals surface area contributed by atoms with Crippen molar-refractivity contribution in [3.05, 3.63) is 35.4 Å². The topological polar surface area (TPSA) is 64.3 Å². The molecule has 0 spiro atoms. The van der Waals surface area contributed by atoms with Gasteiger partial charge in [-0.1, -0.05) is 45.0 Å². The van der Waals surface area contributed by atoms with Gasteiger partial charge < -0.3 is 15.8 Å². The predicted octanol–water partition coefficient (Wildman–Crippen LogP) is 2.21. The third kappa shape index (κ3) is 4.94. The summed E-state index contributed by atoms with van der Waals surface area (Å²) in [4.78, 5) is 11.8. The number of carbonyl (C=O) groups is 1. The van der Waals surface area contributed by atoms with Crippen molar-refractivity contribution in [2.24, 2.45) is 11.7 Å². The Morgan fingerprint density at radius 3 is 2.25 bits per heavy atom. The first-order chi connectivity index (χ1) is 9.45. The lowest BCUT2D eigenvalue weighted by atomic mass is 9.99. The Bertz CT molecular complexity index is 415. The molecule has 0 saturated heterocycles. The van der Waals surface area contributed by atoms with Crippen LogP contribution in [-0.4, -0.2) is 26.2 Å². The summed E-state index contributed by atoms with van der Waals surface area (Å²) in [5.74, 6) is 0.325. The van der Waals surface area contributed by atoms with Gasteiger partial charge in [0.15, 0.2) is 0 Å². The zero-order valence-corrected chi connectivity index (χ0v) is 12.8. The van der Waals surface area contributed by atoms with Gasteiger partial charge in [-0.3, -0.25) is 4.79 Å². The van der Waals surface area contributed by atoms with E-state index in [4.69, 9.17) is 10.5 Å². The second-order valence-corrected chi connectivity index (χ2v) is 5.53. The Hall–Kier alpha value is -1.39. The number of nitrogens with two attached hydrogens (primary N) is 1. The van der Waals surface area contributed by atoms with E-state index in [1.807, 2.05) is 19.1 Å². The van der Waals surface area contributed by atoms with E-state index >= 15 is 0 Å². The van der Waals surface area contributed by atoms with Crippen LogP contribution in [0.15, 0.2) is 24.3 Å². The Labute approximate surface area is 121 Å². The fourth-order valence-corrected chi connectivity index (χ4v) is 1.96. The minimum atomic E-state index is -0.185. The summed E-state index contributed by atoms with van der Waals surface area (Å²) in [5.41, 5.74) is 8.42. The second kappa shape index (κ2) is 8.02.